The van der Waals surface area contributed by atoms with E-state index >= 15 is 0 Å². The van der Waals surface area contributed by atoms with Crippen LogP contribution < -0.4 is 10.6 Å². The van der Waals surface area contributed by atoms with Gasteiger partial charge >= 0.3 is 0 Å². The largest absolute Gasteiger partial charge is 0.333 e. The van der Waals surface area contributed by atoms with E-state index in [1.165, 1.54) is 0 Å². The zero-order valence-corrected chi connectivity index (χ0v) is 6.09. The van der Waals surface area contributed by atoms with Gasteiger partial charge in [-0.1, -0.05) is 0 Å². The minimum atomic E-state index is -0.422. The zero-order valence-electron chi connectivity index (χ0n) is 6.09. The van der Waals surface area contributed by atoms with Gasteiger partial charge < -0.3 is 5.32 Å². The van der Waals surface area contributed by atoms with Gasteiger partial charge in [0.1, 0.15) is 0 Å². The molecule has 0 radical (unpaired) electrons. The predicted molar refractivity (Wildman–Crippen MR) is 37.7 cm³/mol. The highest BCUT2D eigenvalue weighted by atomic mass is 16.2. The van der Waals surface area contributed by atoms with Crippen LogP contribution in [-0.4, -0.2) is 24.4 Å². The molecule has 0 aromatic heterocycles. The van der Waals surface area contributed by atoms with Gasteiger partial charge in [0.25, 0.3) is 5.91 Å². The lowest BCUT2D eigenvalue weighted by molar-refractivity contribution is -0.136. The summed E-state index contributed by atoms with van der Waals surface area (Å²) in [5, 5.41) is 5.70. The summed E-state index contributed by atoms with van der Waals surface area (Å²) < 4.78 is 0. The van der Waals surface area contributed by atoms with E-state index in [-0.39, 0.29) is 17.9 Å². The summed E-state index contributed by atoms with van der Waals surface area (Å²) in [4.78, 5) is 21.9. The van der Waals surface area contributed by atoms with Crippen LogP contribution in [0.4, 0.5) is 0 Å². The molecule has 2 aliphatic rings. The van der Waals surface area contributed by atoms with E-state index in [0.29, 0.717) is 0 Å². The van der Waals surface area contributed by atoms with E-state index in [4.69, 9.17) is 0 Å². The molecule has 11 heavy (non-hydrogen) atoms. The molecule has 2 rings (SSSR count). The third-order valence-corrected chi connectivity index (χ3v) is 2.31. The highest BCUT2D eigenvalue weighted by Crippen LogP contribution is 2.20. The molecule has 2 saturated heterocycles. The van der Waals surface area contributed by atoms with Crippen LogP contribution in [0, 0.1) is 5.92 Å². The highest BCUT2D eigenvalue weighted by Gasteiger charge is 2.41. The van der Waals surface area contributed by atoms with Gasteiger partial charge in [0.2, 0.25) is 5.78 Å². The van der Waals surface area contributed by atoms with E-state index in [2.05, 4.69) is 10.6 Å². The highest BCUT2D eigenvalue weighted by molar-refractivity contribution is 6.39. The van der Waals surface area contributed by atoms with Crippen molar-refractivity contribution in [2.24, 2.45) is 5.92 Å². The van der Waals surface area contributed by atoms with Crippen LogP contribution in [-0.2, 0) is 9.59 Å². The summed E-state index contributed by atoms with van der Waals surface area (Å²) in [6.07, 6.45) is 1.75. The topological polar surface area (TPSA) is 58.2 Å². The molecule has 2 fully saturated rings. The molecule has 4 nitrogen and oxygen atoms in total. The van der Waals surface area contributed by atoms with Crippen LogP contribution in [0.5, 0.6) is 0 Å². The number of carbonyl (C=O) groups excluding carboxylic acids is 2. The number of Topliss-reactive ketones (excluding diaryl/α,β-unsaturated/α-hetero) is 1. The molecular formula is C7H10N2O2. The fourth-order valence-electron chi connectivity index (χ4n) is 1.70. The summed E-state index contributed by atoms with van der Waals surface area (Å²) in [5.74, 6) is -0.771. The van der Waals surface area contributed by atoms with E-state index in [9.17, 15) is 9.59 Å². The number of carbonyl (C=O) groups is 2. The molecular weight excluding hydrogens is 144 g/mol. The Hall–Kier alpha value is -0.900. The molecule has 0 aliphatic carbocycles. The first-order chi connectivity index (χ1) is 5.29. The van der Waals surface area contributed by atoms with Crippen molar-refractivity contribution in [3.05, 3.63) is 0 Å². The predicted octanol–water partition coefficient (Wildman–Crippen LogP) is -0.989. The smallest absolute Gasteiger partial charge is 0.289 e. The lowest BCUT2D eigenvalue weighted by atomic mass is 9.95. The Morgan fingerprint density at radius 1 is 1.36 bits per heavy atom. The number of ketones is 1. The van der Waals surface area contributed by atoms with E-state index in [0.717, 1.165) is 19.4 Å². The summed E-state index contributed by atoms with van der Waals surface area (Å²) in [5.41, 5.74) is 0. The van der Waals surface area contributed by atoms with Crippen LogP contribution in [0.1, 0.15) is 12.8 Å². The maximum atomic E-state index is 11.1. The molecule has 1 amide bonds. The van der Waals surface area contributed by atoms with Crippen LogP contribution in [0.2, 0.25) is 0 Å². The van der Waals surface area contributed by atoms with Gasteiger partial charge in [0.15, 0.2) is 0 Å². The second-order valence-corrected chi connectivity index (χ2v) is 3.02. The maximum Gasteiger partial charge on any atom is 0.289 e. The second kappa shape index (κ2) is 2.30. The van der Waals surface area contributed by atoms with Crippen LogP contribution in [0.15, 0.2) is 0 Å². The van der Waals surface area contributed by atoms with Crippen molar-refractivity contribution in [1.29, 1.82) is 0 Å². The fraction of sp³-hybridized carbons (Fsp3) is 0.714. The van der Waals surface area contributed by atoms with Crippen molar-refractivity contribution in [1.82, 2.24) is 10.6 Å². The van der Waals surface area contributed by atoms with E-state index < -0.39 is 5.91 Å². The molecule has 60 valence electrons. The van der Waals surface area contributed by atoms with Gasteiger partial charge in [-0.2, -0.15) is 0 Å². The van der Waals surface area contributed by atoms with Gasteiger partial charge in [0.05, 0.1) is 12.1 Å². The third-order valence-electron chi connectivity index (χ3n) is 2.31. The standard InChI is InChI=1S/C7H10N2O2/c10-5-4-2-1-3-8-6(4)9-7(5)11/h4,6,8H,1-3H2,(H,9,11). The number of rotatable bonds is 0. The molecule has 0 aromatic carbocycles. The van der Waals surface area contributed by atoms with Gasteiger partial charge in [-0.15, -0.1) is 0 Å². The summed E-state index contributed by atoms with van der Waals surface area (Å²) in [6.45, 7) is 0.898. The number of hydrogen-bond acceptors (Lipinski definition) is 3. The molecule has 2 atom stereocenters. The average molecular weight is 154 g/mol. The molecule has 2 N–H and O–H groups in total. The van der Waals surface area contributed by atoms with Crippen molar-refractivity contribution in [3.8, 4) is 0 Å². The Morgan fingerprint density at radius 2 is 2.18 bits per heavy atom. The average Bonchev–Trinajstić information content (AvgIpc) is 2.30. The molecule has 2 aliphatic heterocycles. The molecule has 0 aromatic rings. The first-order valence-corrected chi connectivity index (χ1v) is 3.87. The SMILES string of the molecule is O=C1NC2NCCCC2C1=O. The number of piperidine rings is 1. The Labute approximate surface area is 64.3 Å². The summed E-state index contributed by atoms with van der Waals surface area (Å²) in [7, 11) is 0. The number of nitrogens with one attached hydrogen (secondary N) is 2. The van der Waals surface area contributed by atoms with Crippen molar-refractivity contribution < 1.29 is 9.59 Å². The van der Waals surface area contributed by atoms with Crippen LogP contribution in [0.25, 0.3) is 0 Å². The normalized spacial score (nSPS) is 36.7. The minimum absolute atomic E-state index is 0.0799. The maximum absolute atomic E-state index is 11.1. The minimum Gasteiger partial charge on any atom is -0.333 e. The lowest BCUT2D eigenvalue weighted by Gasteiger charge is -2.23. The van der Waals surface area contributed by atoms with Crippen molar-refractivity contribution in [2.75, 3.05) is 6.54 Å². The first kappa shape index (κ1) is 6.79. The molecule has 4 heteroatoms. The summed E-state index contributed by atoms with van der Waals surface area (Å²) >= 11 is 0. The molecule has 0 bridgehead atoms. The van der Waals surface area contributed by atoms with Crippen LogP contribution >= 0.6 is 0 Å². The summed E-state index contributed by atoms with van der Waals surface area (Å²) in [6, 6.07) is 0. The van der Waals surface area contributed by atoms with Crippen molar-refractivity contribution in [2.45, 2.75) is 19.0 Å². The van der Waals surface area contributed by atoms with Gasteiger partial charge in [-0.05, 0) is 19.4 Å². The van der Waals surface area contributed by atoms with Gasteiger partial charge in [-0.3, -0.25) is 14.9 Å². The quantitative estimate of drug-likeness (QED) is 0.440. The van der Waals surface area contributed by atoms with E-state index in [1.807, 2.05) is 0 Å². The number of hydrogen-bond donors (Lipinski definition) is 2. The molecule has 0 spiro atoms. The van der Waals surface area contributed by atoms with Gasteiger partial charge in [-0.25, -0.2) is 0 Å². The van der Waals surface area contributed by atoms with Crippen LogP contribution in [0.3, 0.4) is 0 Å². The zero-order chi connectivity index (χ0) is 7.84. The monoisotopic (exact) mass is 154 g/mol. The molecule has 2 unspecified atom stereocenters. The van der Waals surface area contributed by atoms with Gasteiger partial charge in [0, 0.05) is 0 Å². The molecule has 0 saturated carbocycles. The first-order valence-electron chi connectivity index (χ1n) is 3.87. The number of fused-ring (bicyclic) bond motifs is 1. The Balaban J connectivity index is 2.18. The Kier molecular flexibility index (Phi) is 1.42. The molecule has 2 heterocycles. The second-order valence-electron chi connectivity index (χ2n) is 3.02. The third kappa shape index (κ3) is 0.939. The number of amides is 1. The Bertz CT molecular complexity index is 214. The van der Waals surface area contributed by atoms with E-state index in [1.54, 1.807) is 0 Å². The Morgan fingerprint density at radius 3 is 2.91 bits per heavy atom. The van der Waals surface area contributed by atoms with Crippen molar-refractivity contribution >= 4 is 11.7 Å². The fourth-order valence-corrected chi connectivity index (χ4v) is 1.70. The van der Waals surface area contributed by atoms with Crippen molar-refractivity contribution in [3.63, 3.8) is 0 Å². The lowest BCUT2D eigenvalue weighted by Crippen LogP contribution is -2.46.